The summed E-state index contributed by atoms with van der Waals surface area (Å²) >= 11 is 1.70. The summed E-state index contributed by atoms with van der Waals surface area (Å²) in [5.41, 5.74) is 7.20. The molecule has 1 fully saturated rings. The molecule has 1 aliphatic heterocycles. The van der Waals surface area contributed by atoms with E-state index in [0.717, 1.165) is 17.7 Å². The first-order valence-corrected chi connectivity index (χ1v) is 9.65. The second-order valence-corrected chi connectivity index (χ2v) is 6.90. The fourth-order valence-corrected chi connectivity index (χ4v) is 3.31. The number of methoxy groups -OCH3 is 2. The van der Waals surface area contributed by atoms with Crippen molar-refractivity contribution in [2.24, 2.45) is 0 Å². The molecule has 1 heterocycles. The van der Waals surface area contributed by atoms with Gasteiger partial charge in [0, 0.05) is 6.04 Å². The summed E-state index contributed by atoms with van der Waals surface area (Å²) in [6.07, 6.45) is 3.37. The highest BCUT2D eigenvalue weighted by Crippen LogP contribution is 2.32. The van der Waals surface area contributed by atoms with Gasteiger partial charge in [-0.25, -0.2) is 10.9 Å². The van der Waals surface area contributed by atoms with Crippen molar-refractivity contribution in [3.8, 4) is 11.5 Å². The molecule has 8 heteroatoms. The van der Waals surface area contributed by atoms with Gasteiger partial charge in [0.15, 0.2) is 11.5 Å². The molecule has 0 aliphatic carbocycles. The van der Waals surface area contributed by atoms with Crippen LogP contribution in [-0.2, 0) is 4.79 Å². The highest BCUT2D eigenvalue weighted by molar-refractivity contribution is 7.98. The van der Waals surface area contributed by atoms with E-state index < -0.39 is 0 Å². The first-order chi connectivity index (χ1) is 12.1. The van der Waals surface area contributed by atoms with Gasteiger partial charge in [0.1, 0.15) is 6.04 Å². The zero-order chi connectivity index (χ0) is 18.2. The minimum atomic E-state index is -0.346. The summed E-state index contributed by atoms with van der Waals surface area (Å²) < 4.78 is 10.6. The number of aliphatic hydroxyl groups is 1. The van der Waals surface area contributed by atoms with E-state index >= 15 is 0 Å². The van der Waals surface area contributed by atoms with E-state index in [1.165, 1.54) is 0 Å². The second kappa shape index (κ2) is 9.86. The van der Waals surface area contributed by atoms with Gasteiger partial charge in [0.05, 0.1) is 26.9 Å². The minimum absolute atomic E-state index is 0.00525. The van der Waals surface area contributed by atoms with Crippen molar-refractivity contribution in [3.05, 3.63) is 23.8 Å². The van der Waals surface area contributed by atoms with Crippen LogP contribution in [0.4, 0.5) is 0 Å². The molecule has 2 rings (SSSR count). The first kappa shape index (κ1) is 19.8. The zero-order valence-corrected chi connectivity index (χ0v) is 15.7. The monoisotopic (exact) mass is 369 g/mol. The van der Waals surface area contributed by atoms with Gasteiger partial charge in [-0.05, 0) is 42.5 Å². The molecule has 1 amide bonds. The number of amides is 1. The average molecular weight is 369 g/mol. The third-order valence-electron chi connectivity index (χ3n) is 4.27. The Kier molecular flexibility index (Phi) is 7.83. The molecule has 1 saturated heterocycles. The van der Waals surface area contributed by atoms with E-state index in [4.69, 9.17) is 9.47 Å². The SMILES string of the molecule is COc1ccc(C2CC(C(=O)N[C@H](CO)CCSC)NN2)cc1OC. The van der Waals surface area contributed by atoms with E-state index in [2.05, 4.69) is 16.2 Å². The van der Waals surface area contributed by atoms with Crippen LogP contribution in [0.3, 0.4) is 0 Å². The molecule has 0 radical (unpaired) electrons. The number of carbonyl (C=O) groups is 1. The molecule has 0 spiro atoms. The number of rotatable bonds is 9. The highest BCUT2D eigenvalue weighted by atomic mass is 32.2. The van der Waals surface area contributed by atoms with Crippen molar-refractivity contribution in [3.63, 3.8) is 0 Å². The van der Waals surface area contributed by atoms with E-state index in [1.54, 1.807) is 26.0 Å². The van der Waals surface area contributed by atoms with Gasteiger partial charge in [-0.15, -0.1) is 0 Å². The standard InChI is InChI=1S/C17H27N3O4S/c1-23-15-5-4-11(8-16(15)24-2)13-9-14(20-19-13)17(22)18-12(10-21)6-7-25-3/h4-5,8,12-14,19-21H,6-7,9-10H2,1-3H3,(H,18,22)/t12-,13?,14?/m0/s1. The van der Waals surface area contributed by atoms with Gasteiger partial charge in [-0.2, -0.15) is 11.8 Å². The zero-order valence-electron chi connectivity index (χ0n) is 14.9. The lowest BCUT2D eigenvalue weighted by Gasteiger charge is -2.18. The van der Waals surface area contributed by atoms with Gasteiger partial charge in [-0.3, -0.25) is 4.79 Å². The Morgan fingerprint density at radius 2 is 2.12 bits per heavy atom. The van der Waals surface area contributed by atoms with Crippen LogP contribution in [0.1, 0.15) is 24.4 Å². The van der Waals surface area contributed by atoms with Crippen molar-refractivity contribution < 1.29 is 19.4 Å². The van der Waals surface area contributed by atoms with Crippen LogP contribution in [-0.4, -0.2) is 55.9 Å². The molecule has 4 N–H and O–H groups in total. The van der Waals surface area contributed by atoms with Gasteiger partial charge in [-0.1, -0.05) is 6.07 Å². The van der Waals surface area contributed by atoms with Gasteiger partial charge in [0.2, 0.25) is 5.91 Å². The largest absolute Gasteiger partial charge is 0.493 e. The lowest BCUT2D eigenvalue weighted by atomic mass is 10.0. The maximum Gasteiger partial charge on any atom is 0.238 e. The molecule has 140 valence electrons. The molecule has 3 atom stereocenters. The van der Waals surface area contributed by atoms with Crippen LogP contribution < -0.4 is 25.6 Å². The molecule has 25 heavy (non-hydrogen) atoms. The second-order valence-electron chi connectivity index (χ2n) is 5.91. The van der Waals surface area contributed by atoms with Crippen LogP contribution in [0.15, 0.2) is 18.2 Å². The molecule has 1 aromatic rings. The van der Waals surface area contributed by atoms with Gasteiger partial charge in [0.25, 0.3) is 0 Å². The lowest BCUT2D eigenvalue weighted by molar-refractivity contribution is -0.123. The molecular weight excluding hydrogens is 342 g/mol. The smallest absolute Gasteiger partial charge is 0.238 e. The van der Waals surface area contributed by atoms with Crippen molar-refractivity contribution in [1.82, 2.24) is 16.2 Å². The Balaban J connectivity index is 1.95. The normalized spacial score (nSPS) is 21.0. The van der Waals surface area contributed by atoms with Crippen LogP contribution in [0.5, 0.6) is 11.5 Å². The molecule has 0 aromatic heterocycles. The summed E-state index contributed by atoms with van der Waals surface area (Å²) in [7, 11) is 3.20. The van der Waals surface area contributed by atoms with E-state index in [0.29, 0.717) is 17.9 Å². The molecule has 7 nitrogen and oxygen atoms in total. The fourth-order valence-electron chi connectivity index (χ4n) is 2.79. The van der Waals surface area contributed by atoms with E-state index in [-0.39, 0.29) is 30.6 Å². The minimum Gasteiger partial charge on any atom is -0.493 e. The van der Waals surface area contributed by atoms with Crippen molar-refractivity contribution in [2.45, 2.75) is 31.0 Å². The van der Waals surface area contributed by atoms with Crippen LogP contribution >= 0.6 is 11.8 Å². The Bertz CT molecular complexity index is 573. The predicted molar refractivity (Wildman–Crippen MR) is 99.0 cm³/mol. The number of thioether (sulfide) groups is 1. The Hall–Kier alpha value is -1.48. The molecule has 2 unspecified atom stereocenters. The number of nitrogens with one attached hydrogen (secondary N) is 3. The molecule has 0 saturated carbocycles. The summed E-state index contributed by atoms with van der Waals surface area (Å²) in [6.45, 7) is -0.0500. The Morgan fingerprint density at radius 3 is 2.76 bits per heavy atom. The van der Waals surface area contributed by atoms with Crippen molar-refractivity contribution in [1.29, 1.82) is 0 Å². The average Bonchev–Trinajstić information content (AvgIpc) is 3.14. The summed E-state index contributed by atoms with van der Waals surface area (Å²) in [5, 5.41) is 12.3. The maximum absolute atomic E-state index is 12.4. The Morgan fingerprint density at radius 1 is 1.36 bits per heavy atom. The van der Waals surface area contributed by atoms with E-state index in [9.17, 15) is 9.90 Å². The number of hydrogen-bond acceptors (Lipinski definition) is 7. The Labute approximate surface area is 152 Å². The number of hydrogen-bond donors (Lipinski definition) is 4. The molecule has 1 aromatic carbocycles. The molecule has 1 aliphatic rings. The third kappa shape index (κ3) is 5.24. The number of benzene rings is 1. The number of aliphatic hydroxyl groups excluding tert-OH is 1. The van der Waals surface area contributed by atoms with E-state index in [1.807, 2.05) is 24.5 Å². The third-order valence-corrected chi connectivity index (χ3v) is 4.91. The number of carbonyl (C=O) groups excluding carboxylic acids is 1. The van der Waals surface area contributed by atoms with Crippen molar-refractivity contribution in [2.75, 3.05) is 32.8 Å². The first-order valence-electron chi connectivity index (χ1n) is 8.26. The van der Waals surface area contributed by atoms with Gasteiger partial charge < -0.3 is 19.9 Å². The molecular formula is C17H27N3O4S. The topological polar surface area (TPSA) is 91.9 Å². The van der Waals surface area contributed by atoms with Crippen LogP contribution in [0.2, 0.25) is 0 Å². The summed E-state index contributed by atoms with van der Waals surface area (Å²) in [6, 6.07) is 5.16. The predicted octanol–water partition coefficient (Wildman–Crippen LogP) is 0.842. The summed E-state index contributed by atoms with van der Waals surface area (Å²) in [5.74, 6) is 2.13. The fraction of sp³-hybridized carbons (Fsp3) is 0.588. The van der Waals surface area contributed by atoms with Crippen molar-refractivity contribution >= 4 is 17.7 Å². The van der Waals surface area contributed by atoms with Gasteiger partial charge >= 0.3 is 0 Å². The highest BCUT2D eigenvalue weighted by Gasteiger charge is 2.31. The number of ether oxygens (including phenoxy) is 2. The summed E-state index contributed by atoms with van der Waals surface area (Å²) in [4.78, 5) is 12.4. The molecule has 0 bridgehead atoms. The number of hydrazine groups is 1. The van der Waals surface area contributed by atoms with Crippen LogP contribution in [0, 0.1) is 0 Å². The quantitative estimate of drug-likeness (QED) is 0.513. The van der Waals surface area contributed by atoms with Crippen LogP contribution in [0.25, 0.3) is 0 Å². The maximum atomic E-state index is 12.4. The lowest BCUT2D eigenvalue weighted by Crippen LogP contribution is -2.48.